The number of phenolic OH excluding ortho intramolecular Hbond substituents is 1. The highest BCUT2D eigenvalue weighted by molar-refractivity contribution is 5.85. The fraction of sp³-hybridized carbons (Fsp3) is 0.0909. The van der Waals surface area contributed by atoms with Crippen LogP contribution in [0.4, 0.5) is 11.5 Å². The summed E-state index contributed by atoms with van der Waals surface area (Å²) in [6.45, 7) is 1.72. The summed E-state index contributed by atoms with van der Waals surface area (Å²) >= 11 is 0. The SMILES string of the molecule is Cc1cc(N=Cc2cc([N+](=O)[O-])ccc2O)no1. The van der Waals surface area contributed by atoms with Crippen LogP contribution in [-0.4, -0.2) is 21.4 Å². The van der Waals surface area contributed by atoms with Crippen molar-refractivity contribution in [1.29, 1.82) is 0 Å². The third-order valence-corrected chi connectivity index (χ3v) is 2.17. The number of rotatable bonds is 3. The molecule has 0 amide bonds. The predicted octanol–water partition coefficient (Wildman–Crippen LogP) is 2.35. The van der Waals surface area contributed by atoms with Crippen LogP contribution in [0.5, 0.6) is 5.75 Å². The van der Waals surface area contributed by atoms with Crippen LogP contribution in [0.1, 0.15) is 11.3 Å². The van der Waals surface area contributed by atoms with Gasteiger partial charge in [-0.2, -0.15) is 0 Å². The summed E-state index contributed by atoms with van der Waals surface area (Å²) < 4.78 is 4.81. The second-order valence-electron chi connectivity index (χ2n) is 3.55. The zero-order valence-electron chi connectivity index (χ0n) is 9.40. The van der Waals surface area contributed by atoms with E-state index in [1.165, 1.54) is 24.4 Å². The standard InChI is InChI=1S/C11H9N3O4/c1-7-4-11(13-18-7)12-6-8-5-9(14(16)17)2-3-10(8)15/h2-6,15H,1H3. The van der Waals surface area contributed by atoms with Crippen molar-refractivity contribution in [1.82, 2.24) is 5.16 Å². The third kappa shape index (κ3) is 2.51. The lowest BCUT2D eigenvalue weighted by atomic mass is 10.2. The maximum absolute atomic E-state index is 10.6. The summed E-state index contributed by atoms with van der Waals surface area (Å²) in [7, 11) is 0. The molecule has 1 aromatic heterocycles. The van der Waals surface area contributed by atoms with Gasteiger partial charge in [-0.15, -0.1) is 0 Å². The van der Waals surface area contributed by atoms with Gasteiger partial charge in [0.25, 0.3) is 5.69 Å². The number of non-ortho nitro benzene ring substituents is 1. The summed E-state index contributed by atoms with van der Waals surface area (Å²) in [5.74, 6) is 0.841. The zero-order chi connectivity index (χ0) is 13.1. The minimum absolute atomic E-state index is 0.0930. The van der Waals surface area contributed by atoms with E-state index in [0.717, 1.165) is 0 Å². The molecule has 7 nitrogen and oxygen atoms in total. The van der Waals surface area contributed by atoms with E-state index in [0.29, 0.717) is 11.6 Å². The summed E-state index contributed by atoms with van der Waals surface area (Å²) in [5.41, 5.74) is 0.121. The molecular weight excluding hydrogens is 238 g/mol. The first-order valence-electron chi connectivity index (χ1n) is 5.01. The van der Waals surface area contributed by atoms with Crippen LogP contribution in [0.2, 0.25) is 0 Å². The van der Waals surface area contributed by atoms with E-state index >= 15 is 0 Å². The Labute approximate surface area is 102 Å². The summed E-state index contributed by atoms with van der Waals surface area (Å²) in [5, 5.41) is 23.8. The molecule has 0 spiro atoms. The van der Waals surface area contributed by atoms with E-state index in [1.54, 1.807) is 13.0 Å². The van der Waals surface area contributed by atoms with Crippen molar-refractivity contribution in [2.24, 2.45) is 4.99 Å². The monoisotopic (exact) mass is 247 g/mol. The third-order valence-electron chi connectivity index (χ3n) is 2.17. The van der Waals surface area contributed by atoms with Gasteiger partial charge >= 0.3 is 0 Å². The molecule has 92 valence electrons. The van der Waals surface area contributed by atoms with Gasteiger partial charge in [-0.25, -0.2) is 4.99 Å². The van der Waals surface area contributed by atoms with E-state index in [4.69, 9.17) is 4.52 Å². The number of phenols is 1. The maximum atomic E-state index is 10.6. The maximum Gasteiger partial charge on any atom is 0.270 e. The molecule has 2 aromatic rings. The molecule has 0 aliphatic rings. The van der Waals surface area contributed by atoms with Crippen molar-refractivity contribution in [3.8, 4) is 5.75 Å². The molecule has 0 bridgehead atoms. The smallest absolute Gasteiger partial charge is 0.270 e. The molecule has 0 fully saturated rings. The van der Waals surface area contributed by atoms with Crippen LogP contribution in [0.3, 0.4) is 0 Å². The number of benzene rings is 1. The Hall–Kier alpha value is -2.70. The van der Waals surface area contributed by atoms with E-state index < -0.39 is 4.92 Å². The lowest BCUT2D eigenvalue weighted by Crippen LogP contribution is -1.90. The molecule has 0 saturated heterocycles. The highest BCUT2D eigenvalue weighted by Gasteiger charge is 2.08. The van der Waals surface area contributed by atoms with Crippen molar-refractivity contribution in [3.05, 3.63) is 45.7 Å². The minimum Gasteiger partial charge on any atom is -0.507 e. The Bertz CT molecular complexity index is 619. The number of hydrogen-bond donors (Lipinski definition) is 1. The van der Waals surface area contributed by atoms with Crippen molar-refractivity contribution in [2.45, 2.75) is 6.92 Å². The van der Waals surface area contributed by atoms with Gasteiger partial charge in [0.1, 0.15) is 11.5 Å². The molecule has 0 unspecified atom stereocenters. The molecule has 0 atom stereocenters. The van der Waals surface area contributed by atoms with Crippen LogP contribution in [0.15, 0.2) is 33.8 Å². The van der Waals surface area contributed by atoms with E-state index in [9.17, 15) is 15.2 Å². The number of nitro benzene ring substituents is 1. The number of hydrogen-bond acceptors (Lipinski definition) is 6. The minimum atomic E-state index is -0.545. The van der Waals surface area contributed by atoms with E-state index in [1.807, 2.05) is 0 Å². The lowest BCUT2D eigenvalue weighted by molar-refractivity contribution is -0.384. The van der Waals surface area contributed by atoms with E-state index in [-0.39, 0.29) is 17.0 Å². The van der Waals surface area contributed by atoms with Crippen molar-refractivity contribution in [3.63, 3.8) is 0 Å². The normalized spacial score (nSPS) is 10.9. The topological polar surface area (TPSA) is 102 Å². The molecule has 0 aliphatic heterocycles. The first-order valence-corrected chi connectivity index (χ1v) is 5.01. The number of aromatic hydroxyl groups is 1. The van der Waals surface area contributed by atoms with E-state index in [2.05, 4.69) is 10.1 Å². The van der Waals surface area contributed by atoms with Gasteiger partial charge in [0.2, 0.25) is 0 Å². The van der Waals surface area contributed by atoms with Gasteiger partial charge in [-0.1, -0.05) is 5.16 Å². The number of aryl methyl sites for hydroxylation is 1. The summed E-state index contributed by atoms with van der Waals surface area (Å²) in [6, 6.07) is 5.29. The average molecular weight is 247 g/mol. The van der Waals surface area contributed by atoms with Crippen molar-refractivity contribution in [2.75, 3.05) is 0 Å². The first kappa shape index (κ1) is 11.8. The van der Waals surface area contributed by atoms with Crippen LogP contribution in [0, 0.1) is 17.0 Å². The Balaban J connectivity index is 2.30. The molecular formula is C11H9N3O4. The molecule has 1 heterocycles. The number of aliphatic imine (C=N–C) groups is 1. The van der Waals surface area contributed by atoms with Gasteiger partial charge in [0.05, 0.1) is 4.92 Å². The van der Waals surface area contributed by atoms with Gasteiger partial charge in [0, 0.05) is 30.0 Å². The van der Waals surface area contributed by atoms with Crippen LogP contribution >= 0.6 is 0 Å². The largest absolute Gasteiger partial charge is 0.507 e. The molecule has 0 radical (unpaired) electrons. The summed E-state index contributed by atoms with van der Waals surface area (Å²) in [6.07, 6.45) is 1.29. The fourth-order valence-electron chi connectivity index (χ4n) is 1.31. The molecule has 18 heavy (non-hydrogen) atoms. The molecule has 0 saturated carbocycles. The number of aromatic nitrogens is 1. The Kier molecular flexibility index (Phi) is 3.05. The van der Waals surface area contributed by atoms with Crippen molar-refractivity contribution < 1.29 is 14.6 Å². The van der Waals surface area contributed by atoms with Gasteiger partial charge < -0.3 is 9.63 Å². The molecule has 7 heteroatoms. The fourth-order valence-corrected chi connectivity index (χ4v) is 1.31. The summed E-state index contributed by atoms with van der Waals surface area (Å²) in [4.78, 5) is 14.0. The van der Waals surface area contributed by atoms with Gasteiger partial charge in [-0.3, -0.25) is 10.1 Å². The molecule has 1 N–H and O–H groups in total. The highest BCUT2D eigenvalue weighted by Crippen LogP contribution is 2.22. The average Bonchev–Trinajstić information content (AvgIpc) is 2.74. The zero-order valence-corrected chi connectivity index (χ0v) is 9.40. The predicted molar refractivity (Wildman–Crippen MR) is 63.3 cm³/mol. The quantitative estimate of drug-likeness (QED) is 0.509. The van der Waals surface area contributed by atoms with Gasteiger partial charge in [0.15, 0.2) is 5.82 Å². The lowest BCUT2D eigenvalue weighted by Gasteiger charge is -1.97. The first-order chi connectivity index (χ1) is 8.56. The van der Waals surface area contributed by atoms with Crippen LogP contribution < -0.4 is 0 Å². The number of nitrogens with zero attached hydrogens (tertiary/aromatic N) is 3. The van der Waals surface area contributed by atoms with Gasteiger partial charge in [-0.05, 0) is 13.0 Å². The highest BCUT2D eigenvalue weighted by atomic mass is 16.6. The Morgan fingerprint density at radius 2 is 2.28 bits per heavy atom. The van der Waals surface area contributed by atoms with Crippen LogP contribution in [-0.2, 0) is 0 Å². The number of nitro groups is 1. The molecule has 2 rings (SSSR count). The Morgan fingerprint density at radius 1 is 1.50 bits per heavy atom. The Morgan fingerprint density at radius 3 is 2.89 bits per heavy atom. The second-order valence-corrected chi connectivity index (χ2v) is 3.55. The molecule has 1 aromatic carbocycles. The van der Waals surface area contributed by atoms with Crippen molar-refractivity contribution >= 4 is 17.7 Å². The van der Waals surface area contributed by atoms with Crippen LogP contribution in [0.25, 0.3) is 0 Å². The second kappa shape index (κ2) is 4.66. The molecule has 0 aliphatic carbocycles.